The molecule has 1 saturated heterocycles. The largest absolute Gasteiger partial charge is 0.387 e. The average molecular weight is 340 g/mol. The van der Waals surface area contributed by atoms with Crippen molar-refractivity contribution in [2.75, 3.05) is 50.1 Å². The number of anilines is 2. The fourth-order valence-corrected chi connectivity index (χ4v) is 3.93. The van der Waals surface area contributed by atoms with Gasteiger partial charge in [-0.1, -0.05) is 25.1 Å². The third kappa shape index (κ3) is 5.51. The van der Waals surface area contributed by atoms with Crippen molar-refractivity contribution < 1.29 is 5.11 Å². The van der Waals surface area contributed by atoms with Crippen LogP contribution >= 0.6 is 11.8 Å². The Morgan fingerprint density at radius 1 is 1.43 bits per heavy atom. The monoisotopic (exact) mass is 339 g/mol. The summed E-state index contributed by atoms with van der Waals surface area (Å²) in [6, 6.07) is 1.81. The lowest BCUT2D eigenvalue weighted by Crippen LogP contribution is -2.53. The maximum absolute atomic E-state index is 10.8. The lowest BCUT2D eigenvalue weighted by Gasteiger charge is -2.41. The van der Waals surface area contributed by atoms with E-state index in [2.05, 4.69) is 21.8 Å². The minimum Gasteiger partial charge on any atom is -0.387 e. The van der Waals surface area contributed by atoms with Gasteiger partial charge in [-0.2, -0.15) is 0 Å². The first-order chi connectivity index (χ1) is 10.9. The zero-order valence-corrected chi connectivity index (χ0v) is 15.3. The van der Waals surface area contributed by atoms with Gasteiger partial charge in [0.15, 0.2) is 5.16 Å². The number of aliphatic hydroxyl groups is 1. The number of hydrogen-bond acceptors (Lipinski definition) is 7. The smallest absolute Gasteiger partial charge is 0.191 e. The summed E-state index contributed by atoms with van der Waals surface area (Å²) in [6.45, 7) is 4.31. The highest BCUT2D eigenvalue weighted by Gasteiger charge is 2.34. The Hall–Kier alpha value is -1.05. The molecule has 1 aromatic heterocycles. The lowest BCUT2D eigenvalue weighted by atomic mass is 9.92. The fourth-order valence-electron chi connectivity index (χ4n) is 2.99. The van der Waals surface area contributed by atoms with Crippen LogP contribution in [0.1, 0.15) is 32.6 Å². The number of nitrogens with two attached hydrogens (primary N) is 1. The number of β-amino-alcohol motifs (C(OH)–C–C–N with tert-alkyl or cyclic N) is 1. The van der Waals surface area contributed by atoms with E-state index >= 15 is 0 Å². The molecule has 1 aromatic rings. The SMILES string of the molecule is CCCCSc1nc(N)cc(N2CCC[C@](O)(CN(C)C)C2)n1. The van der Waals surface area contributed by atoms with Gasteiger partial charge in [0.1, 0.15) is 11.6 Å². The molecule has 0 aromatic carbocycles. The van der Waals surface area contributed by atoms with Crippen molar-refractivity contribution in [1.82, 2.24) is 14.9 Å². The molecule has 3 N–H and O–H groups in total. The van der Waals surface area contributed by atoms with Crippen molar-refractivity contribution in [1.29, 1.82) is 0 Å². The Bertz CT molecular complexity index is 513. The van der Waals surface area contributed by atoms with Crippen LogP contribution in [-0.4, -0.2) is 65.1 Å². The lowest BCUT2D eigenvalue weighted by molar-refractivity contribution is 0.00350. The molecule has 0 saturated carbocycles. The number of thioether (sulfide) groups is 1. The van der Waals surface area contributed by atoms with Gasteiger partial charge in [-0.05, 0) is 33.4 Å². The van der Waals surface area contributed by atoms with Crippen LogP contribution in [0, 0.1) is 0 Å². The Labute approximate surface area is 143 Å². The first kappa shape index (κ1) is 18.3. The quantitative estimate of drug-likeness (QED) is 0.446. The van der Waals surface area contributed by atoms with E-state index in [4.69, 9.17) is 5.73 Å². The molecule has 1 aliphatic rings. The molecule has 0 unspecified atom stereocenters. The van der Waals surface area contributed by atoms with Crippen molar-refractivity contribution >= 4 is 23.4 Å². The van der Waals surface area contributed by atoms with Gasteiger partial charge in [0, 0.05) is 31.5 Å². The van der Waals surface area contributed by atoms with E-state index in [0.29, 0.717) is 18.9 Å². The number of nitrogen functional groups attached to an aromatic ring is 1. The van der Waals surface area contributed by atoms with Gasteiger partial charge in [-0.15, -0.1) is 0 Å². The zero-order chi connectivity index (χ0) is 16.9. The van der Waals surface area contributed by atoms with Crippen molar-refractivity contribution in [2.45, 2.75) is 43.4 Å². The van der Waals surface area contributed by atoms with Gasteiger partial charge in [0.2, 0.25) is 0 Å². The third-order valence-corrected chi connectivity index (χ3v) is 4.86. The molecular weight excluding hydrogens is 310 g/mol. The predicted molar refractivity (Wildman–Crippen MR) is 97.0 cm³/mol. The summed E-state index contributed by atoms with van der Waals surface area (Å²) in [4.78, 5) is 13.1. The summed E-state index contributed by atoms with van der Waals surface area (Å²) in [7, 11) is 3.98. The average Bonchev–Trinajstić information content (AvgIpc) is 2.45. The van der Waals surface area contributed by atoms with E-state index in [1.54, 1.807) is 11.8 Å². The number of hydrogen-bond donors (Lipinski definition) is 2. The zero-order valence-electron chi connectivity index (χ0n) is 14.5. The molecule has 0 bridgehead atoms. The summed E-state index contributed by atoms with van der Waals surface area (Å²) in [5, 5.41) is 11.6. The predicted octanol–water partition coefficient (Wildman–Crippen LogP) is 1.84. The standard InChI is InChI=1S/C16H29N5OS/c1-4-5-9-23-15-18-13(17)10-14(19-15)21-8-6-7-16(22,12-21)11-20(2)3/h10,22H,4-9,11-12H2,1-3H3,(H2,17,18,19)/t16-/m0/s1. The Balaban J connectivity index is 2.10. The highest BCUT2D eigenvalue weighted by atomic mass is 32.2. The van der Waals surface area contributed by atoms with E-state index in [1.807, 2.05) is 25.1 Å². The summed E-state index contributed by atoms with van der Waals surface area (Å²) in [5.41, 5.74) is 5.26. The highest BCUT2D eigenvalue weighted by Crippen LogP contribution is 2.28. The number of aromatic nitrogens is 2. The van der Waals surface area contributed by atoms with Gasteiger partial charge in [0.05, 0.1) is 5.60 Å². The number of likely N-dealkylation sites (N-methyl/N-ethyl adjacent to an activating group) is 1. The molecule has 6 nitrogen and oxygen atoms in total. The van der Waals surface area contributed by atoms with Crippen LogP contribution in [0.5, 0.6) is 0 Å². The van der Waals surface area contributed by atoms with Gasteiger partial charge >= 0.3 is 0 Å². The van der Waals surface area contributed by atoms with Crippen molar-refractivity contribution in [3.05, 3.63) is 6.07 Å². The van der Waals surface area contributed by atoms with Gasteiger partial charge < -0.3 is 20.6 Å². The third-order valence-electron chi connectivity index (χ3n) is 3.93. The molecule has 0 spiro atoms. The summed E-state index contributed by atoms with van der Waals surface area (Å²) < 4.78 is 0. The molecule has 1 atom stereocenters. The van der Waals surface area contributed by atoms with E-state index in [0.717, 1.165) is 49.0 Å². The molecule has 1 aliphatic heterocycles. The van der Waals surface area contributed by atoms with Crippen LogP contribution in [0.4, 0.5) is 11.6 Å². The van der Waals surface area contributed by atoms with Crippen molar-refractivity contribution in [2.24, 2.45) is 0 Å². The number of piperidine rings is 1. The van der Waals surface area contributed by atoms with Crippen LogP contribution in [0.2, 0.25) is 0 Å². The van der Waals surface area contributed by atoms with Crippen LogP contribution in [0.25, 0.3) is 0 Å². The Kier molecular flexibility index (Phi) is 6.50. The Morgan fingerprint density at radius 3 is 2.91 bits per heavy atom. The van der Waals surface area contributed by atoms with Crippen LogP contribution in [0.15, 0.2) is 11.2 Å². The van der Waals surface area contributed by atoms with E-state index < -0.39 is 5.60 Å². The minimum atomic E-state index is -0.697. The maximum atomic E-state index is 10.8. The molecule has 2 rings (SSSR count). The molecule has 2 heterocycles. The van der Waals surface area contributed by atoms with Crippen molar-refractivity contribution in [3.8, 4) is 0 Å². The second-order valence-corrected chi connectivity index (χ2v) is 7.68. The van der Waals surface area contributed by atoms with Gasteiger partial charge in [0.25, 0.3) is 0 Å². The van der Waals surface area contributed by atoms with E-state index in [9.17, 15) is 5.11 Å². The number of rotatable bonds is 7. The topological polar surface area (TPSA) is 78.5 Å². The highest BCUT2D eigenvalue weighted by molar-refractivity contribution is 7.99. The number of unbranched alkanes of at least 4 members (excludes halogenated alkanes) is 1. The summed E-state index contributed by atoms with van der Waals surface area (Å²) in [5.74, 6) is 2.33. The van der Waals surface area contributed by atoms with E-state index in [1.165, 1.54) is 0 Å². The van der Waals surface area contributed by atoms with E-state index in [-0.39, 0.29) is 0 Å². The van der Waals surface area contributed by atoms with Gasteiger partial charge in [-0.25, -0.2) is 9.97 Å². The summed E-state index contributed by atoms with van der Waals surface area (Å²) >= 11 is 1.65. The minimum absolute atomic E-state index is 0.496. The summed E-state index contributed by atoms with van der Waals surface area (Å²) in [6.07, 6.45) is 4.07. The normalized spacial score (nSPS) is 21.9. The molecule has 0 amide bonds. The first-order valence-electron chi connectivity index (χ1n) is 8.31. The second-order valence-electron chi connectivity index (χ2n) is 6.62. The second kappa shape index (κ2) is 8.17. The Morgan fingerprint density at radius 2 is 2.22 bits per heavy atom. The van der Waals surface area contributed by atoms with Gasteiger partial charge in [-0.3, -0.25) is 0 Å². The molecule has 0 aliphatic carbocycles. The molecule has 130 valence electrons. The molecule has 23 heavy (non-hydrogen) atoms. The van der Waals surface area contributed by atoms with Crippen molar-refractivity contribution in [3.63, 3.8) is 0 Å². The van der Waals surface area contributed by atoms with Crippen LogP contribution in [0.3, 0.4) is 0 Å². The maximum Gasteiger partial charge on any atom is 0.191 e. The fraction of sp³-hybridized carbons (Fsp3) is 0.750. The molecule has 7 heteroatoms. The van der Waals surface area contributed by atoms with Crippen LogP contribution in [-0.2, 0) is 0 Å². The molecular formula is C16H29N5OS. The molecule has 1 fully saturated rings. The first-order valence-corrected chi connectivity index (χ1v) is 9.30. The van der Waals surface area contributed by atoms with Crippen LogP contribution < -0.4 is 10.6 Å². The molecule has 0 radical (unpaired) electrons. The number of nitrogens with zero attached hydrogens (tertiary/aromatic N) is 4.